The van der Waals surface area contributed by atoms with Gasteiger partial charge in [-0.05, 0) is 24.3 Å². The van der Waals surface area contributed by atoms with Gasteiger partial charge in [-0.2, -0.15) is 13.2 Å². The van der Waals surface area contributed by atoms with Crippen molar-refractivity contribution in [3.05, 3.63) is 45.0 Å². The number of pyridine rings is 1. The smallest absolute Gasteiger partial charge is 0.384 e. The van der Waals surface area contributed by atoms with E-state index in [2.05, 4.69) is 4.98 Å². The van der Waals surface area contributed by atoms with Crippen molar-refractivity contribution in [2.75, 3.05) is 5.73 Å². The Bertz CT molecular complexity index is 672. The number of aromatic nitrogens is 1. The fourth-order valence-corrected chi connectivity index (χ4v) is 2.36. The third-order valence-electron chi connectivity index (χ3n) is 2.47. The Labute approximate surface area is 127 Å². The highest BCUT2D eigenvalue weighted by atomic mass is 35.5. The van der Waals surface area contributed by atoms with Crippen molar-refractivity contribution in [1.82, 2.24) is 4.98 Å². The summed E-state index contributed by atoms with van der Waals surface area (Å²) in [6, 6.07) is 5.06. The summed E-state index contributed by atoms with van der Waals surface area (Å²) in [5.41, 5.74) is 3.97. The molecule has 2 nitrogen and oxygen atoms in total. The third kappa shape index (κ3) is 2.95. The molecule has 2 rings (SSSR count). The molecule has 0 aliphatic rings. The van der Waals surface area contributed by atoms with Crippen LogP contribution in [0.25, 0.3) is 11.1 Å². The summed E-state index contributed by atoms with van der Waals surface area (Å²) in [7, 11) is 0. The predicted molar refractivity (Wildman–Crippen MR) is 74.1 cm³/mol. The van der Waals surface area contributed by atoms with E-state index >= 15 is 0 Å². The van der Waals surface area contributed by atoms with Gasteiger partial charge in [0.1, 0.15) is 5.82 Å². The van der Waals surface area contributed by atoms with Crippen molar-refractivity contribution in [2.45, 2.75) is 6.18 Å². The van der Waals surface area contributed by atoms with Crippen molar-refractivity contribution in [3.8, 4) is 11.1 Å². The molecule has 0 atom stereocenters. The molecule has 0 spiro atoms. The van der Waals surface area contributed by atoms with Gasteiger partial charge in [-0.1, -0.05) is 34.8 Å². The maximum atomic E-state index is 13.0. The van der Waals surface area contributed by atoms with E-state index in [1.165, 1.54) is 24.3 Å². The Morgan fingerprint density at radius 1 is 1.00 bits per heavy atom. The summed E-state index contributed by atoms with van der Waals surface area (Å²) in [5, 5.41) is 0.187. The average Bonchev–Trinajstić information content (AvgIpc) is 2.33. The van der Waals surface area contributed by atoms with Gasteiger partial charge in [0.15, 0.2) is 5.69 Å². The summed E-state index contributed by atoms with van der Waals surface area (Å²) in [6.07, 6.45) is -4.68. The number of benzene rings is 1. The molecule has 2 N–H and O–H groups in total. The minimum atomic E-state index is -4.68. The van der Waals surface area contributed by atoms with Crippen LogP contribution in [0.3, 0.4) is 0 Å². The van der Waals surface area contributed by atoms with Crippen molar-refractivity contribution >= 4 is 40.6 Å². The highest BCUT2D eigenvalue weighted by Gasteiger charge is 2.36. The number of nitrogens with zero attached hydrogens (tertiary/aromatic N) is 1. The lowest BCUT2D eigenvalue weighted by atomic mass is 10.0. The summed E-state index contributed by atoms with van der Waals surface area (Å²) < 4.78 is 39.1. The lowest BCUT2D eigenvalue weighted by Crippen LogP contribution is -2.11. The molecule has 0 fully saturated rings. The van der Waals surface area contributed by atoms with Gasteiger partial charge < -0.3 is 5.73 Å². The summed E-state index contributed by atoms with van der Waals surface area (Å²) in [6.45, 7) is 0. The van der Waals surface area contributed by atoms with Crippen molar-refractivity contribution < 1.29 is 13.2 Å². The molecule has 0 saturated carbocycles. The highest BCUT2D eigenvalue weighted by molar-refractivity contribution is 6.45. The molecule has 8 heteroatoms. The van der Waals surface area contributed by atoms with Crippen LogP contribution >= 0.6 is 34.8 Å². The fraction of sp³-hybridized carbons (Fsp3) is 0.0833. The minimum absolute atomic E-state index is 0.0341. The number of rotatable bonds is 1. The number of nitrogen functional groups attached to an aromatic ring is 1. The van der Waals surface area contributed by atoms with Gasteiger partial charge in [0.2, 0.25) is 0 Å². The van der Waals surface area contributed by atoms with Crippen molar-refractivity contribution in [3.63, 3.8) is 0 Å². The molecule has 0 unspecified atom stereocenters. The van der Waals surface area contributed by atoms with Gasteiger partial charge in [-0.25, -0.2) is 4.98 Å². The van der Waals surface area contributed by atoms with Crippen LogP contribution in [-0.4, -0.2) is 4.98 Å². The number of halogens is 6. The van der Waals surface area contributed by atoms with Crippen LogP contribution in [0.5, 0.6) is 0 Å². The van der Waals surface area contributed by atoms with Crippen molar-refractivity contribution in [2.24, 2.45) is 0 Å². The summed E-state index contributed by atoms with van der Waals surface area (Å²) in [5.74, 6) is -0.245. The molecule has 1 aromatic carbocycles. The van der Waals surface area contributed by atoms with E-state index in [4.69, 9.17) is 40.5 Å². The first-order valence-electron chi connectivity index (χ1n) is 5.19. The standard InChI is InChI=1S/C12H6Cl3F3N2/c13-5-3-7(10(15)8(14)4-5)6-1-2-9(19)20-11(6)12(16,17)18/h1-4H,(H2,19,20). The van der Waals surface area contributed by atoms with Gasteiger partial charge in [0.05, 0.1) is 10.0 Å². The first-order chi connectivity index (χ1) is 9.20. The molecular weight excluding hydrogens is 335 g/mol. The van der Waals surface area contributed by atoms with Crippen LogP contribution in [-0.2, 0) is 6.18 Å². The molecule has 0 aliphatic heterocycles. The van der Waals surface area contributed by atoms with E-state index in [1.807, 2.05) is 0 Å². The number of nitrogens with two attached hydrogens (primary N) is 1. The Balaban J connectivity index is 2.77. The zero-order valence-corrected chi connectivity index (χ0v) is 11.9. The van der Waals surface area contributed by atoms with Crippen LogP contribution in [0.1, 0.15) is 5.69 Å². The van der Waals surface area contributed by atoms with Gasteiger partial charge in [0.25, 0.3) is 0 Å². The molecule has 20 heavy (non-hydrogen) atoms. The minimum Gasteiger partial charge on any atom is -0.384 e. The first kappa shape index (κ1) is 15.2. The maximum absolute atomic E-state index is 13.0. The first-order valence-corrected chi connectivity index (χ1v) is 6.32. The van der Waals surface area contributed by atoms with E-state index < -0.39 is 11.9 Å². The molecule has 0 radical (unpaired) electrons. The van der Waals surface area contributed by atoms with Crippen LogP contribution < -0.4 is 5.73 Å². The molecule has 0 aliphatic carbocycles. The van der Waals surface area contributed by atoms with Crippen LogP contribution in [0.15, 0.2) is 24.3 Å². The molecule has 2 aromatic rings. The maximum Gasteiger partial charge on any atom is 0.434 e. The van der Waals surface area contributed by atoms with E-state index in [-0.39, 0.29) is 32.0 Å². The molecule has 106 valence electrons. The van der Waals surface area contributed by atoms with Crippen LogP contribution in [0.4, 0.5) is 19.0 Å². The van der Waals surface area contributed by atoms with Crippen molar-refractivity contribution in [1.29, 1.82) is 0 Å². The van der Waals surface area contributed by atoms with E-state index in [0.29, 0.717) is 0 Å². The number of anilines is 1. The number of alkyl halides is 3. The molecule has 0 saturated heterocycles. The topological polar surface area (TPSA) is 38.9 Å². The highest BCUT2D eigenvalue weighted by Crippen LogP contribution is 2.42. The monoisotopic (exact) mass is 340 g/mol. The Morgan fingerprint density at radius 3 is 2.25 bits per heavy atom. The zero-order valence-electron chi connectivity index (χ0n) is 9.60. The second-order valence-electron chi connectivity index (χ2n) is 3.88. The average molecular weight is 342 g/mol. The lowest BCUT2D eigenvalue weighted by molar-refractivity contribution is -0.140. The van der Waals surface area contributed by atoms with Gasteiger partial charge in [-0.3, -0.25) is 0 Å². The second kappa shape index (κ2) is 5.31. The molecular formula is C12H6Cl3F3N2. The second-order valence-corrected chi connectivity index (χ2v) is 5.10. The van der Waals surface area contributed by atoms with Gasteiger partial charge >= 0.3 is 6.18 Å². The Kier molecular flexibility index (Phi) is 4.04. The van der Waals surface area contributed by atoms with E-state index in [1.54, 1.807) is 0 Å². The molecule has 0 bridgehead atoms. The normalized spacial score (nSPS) is 11.7. The summed E-state index contributed by atoms with van der Waals surface area (Å²) >= 11 is 17.6. The largest absolute Gasteiger partial charge is 0.434 e. The van der Waals surface area contributed by atoms with Crippen LogP contribution in [0, 0.1) is 0 Å². The molecule has 1 heterocycles. The predicted octanol–water partition coefficient (Wildman–Crippen LogP) is 5.31. The van der Waals surface area contributed by atoms with E-state index in [9.17, 15) is 13.2 Å². The molecule has 0 amide bonds. The van der Waals surface area contributed by atoms with Crippen LogP contribution in [0.2, 0.25) is 15.1 Å². The van der Waals surface area contributed by atoms with Gasteiger partial charge in [0, 0.05) is 16.1 Å². The lowest BCUT2D eigenvalue weighted by Gasteiger charge is -2.14. The summed E-state index contributed by atoms with van der Waals surface area (Å²) in [4.78, 5) is 3.33. The SMILES string of the molecule is Nc1ccc(-c2cc(Cl)cc(Cl)c2Cl)c(C(F)(F)F)n1. The third-order valence-corrected chi connectivity index (χ3v) is 3.49. The van der Waals surface area contributed by atoms with Gasteiger partial charge in [-0.15, -0.1) is 0 Å². The molecule has 1 aromatic heterocycles. The Hall–Kier alpha value is -1.17. The van der Waals surface area contributed by atoms with E-state index in [0.717, 1.165) is 0 Å². The fourth-order valence-electron chi connectivity index (χ4n) is 1.66. The quantitative estimate of drug-likeness (QED) is 0.714. The Morgan fingerprint density at radius 2 is 1.65 bits per heavy atom. The number of hydrogen-bond donors (Lipinski definition) is 1. The number of hydrogen-bond acceptors (Lipinski definition) is 2. The zero-order chi connectivity index (χ0) is 15.1.